The van der Waals surface area contributed by atoms with E-state index in [1.165, 1.54) is 6.21 Å². The number of carbonyl (C=O) groups is 2. The summed E-state index contributed by atoms with van der Waals surface area (Å²) in [5.74, 6) is -1.02. The van der Waals surface area contributed by atoms with E-state index < -0.39 is 11.8 Å². The summed E-state index contributed by atoms with van der Waals surface area (Å²) in [6.07, 6.45) is 2.03. The lowest BCUT2D eigenvalue weighted by atomic mass is 10.2. The molecular formula is C20H22ClN3O4. The van der Waals surface area contributed by atoms with Crippen LogP contribution in [0.5, 0.6) is 5.75 Å². The molecule has 7 nitrogen and oxygen atoms in total. The molecule has 0 spiro atoms. The topological polar surface area (TPSA) is 89.0 Å². The third-order valence-corrected chi connectivity index (χ3v) is 4.02. The standard InChI is InChI=1S/C20H22ClN3O4/c1-27-12-6-11-22-19(25)20(26)24-23-13-15-7-3-5-10-18(15)28-14-16-8-2-4-9-17(16)21/h2-5,7-10,13H,6,11-12,14H2,1H3,(H,22,25)(H,24,26)/b23-13-. The first kappa shape index (κ1) is 21.4. The molecule has 148 valence electrons. The van der Waals surface area contributed by atoms with Crippen LogP contribution in [0, 0.1) is 0 Å². The van der Waals surface area contributed by atoms with Crippen molar-refractivity contribution < 1.29 is 19.1 Å². The molecule has 0 aliphatic rings. The van der Waals surface area contributed by atoms with Crippen molar-refractivity contribution >= 4 is 29.6 Å². The highest BCUT2D eigenvalue weighted by Gasteiger charge is 2.11. The van der Waals surface area contributed by atoms with Gasteiger partial charge in [0.25, 0.3) is 0 Å². The molecule has 0 unspecified atom stereocenters. The summed E-state index contributed by atoms with van der Waals surface area (Å²) >= 11 is 6.13. The largest absolute Gasteiger partial charge is 0.488 e. The van der Waals surface area contributed by atoms with Gasteiger partial charge in [0.15, 0.2) is 0 Å². The fraction of sp³-hybridized carbons (Fsp3) is 0.250. The highest BCUT2D eigenvalue weighted by Crippen LogP contribution is 2.20. The van der Waals surface area contributed by atoms with Gasteiger partial charge in [-0.3, -0.25) is 9.59 Å². The Kier molecular flexibility index (Phi) is 8.97. The van der Waals surface area contributed by atoms with E-state index in [-0.39, 0.29) is 0 Å². The molecule has 0 aromatic heterocycles. The van der Waals surface area contributed by atoms with E-state index in [1.54, 1.807) is 25.3 Å². The third kappa shape index (κ3) is 7.02. The Morgan fingerprint density at radius 2 is 1.86 bits per heavy atom. The van der Waals surface area contributed by atoms with E-state index in [0.29, 0.717) is 42.5 Å². The minimum absolute atomic E-state index is 0.292. The molecular weight excluding hydrogens is 382 g/mol. The number of amides is 2. The summed E-state index contributed by atoms with van der Waals surface area (Å²) in [5, 5.41) is 6.93. The molecule has 2 aromatic rings. The van der Waals surface area contributed by atoms with Crippen molar-refractivity contribution in [1.29, 1.82) is 0 Å². The van der Waals surface area contributed by atoms with Crippen LogP contribution in [0.2, 0.25) is 5.02 Å². The minimum atomic E-state index is -0.844. The van der Waals surface area contributed by atoms with E-state index in [2.05, 4.69) is 15.8 Å². The zero-order valence-electron chi connectivity index (χ0n) is 15.5. The van der Waals surface area contributed by atoms with Gasteiger partial charge in [0, 0.05) is 36.4 Å². The second-order valence-corrected chi connectivity index (χ2v) is 6.13. The van der Waals surface area contributed by atoms with Crippen LogP contribution in [0.25, 0.3) is 0 Å². The number of nitrogens with one attached hydrogen (secondary N) is 2. The van der Waals surface area contributed by atoms with Crippen LogP contribution in [0.3, 0.4) is 0 Å². The molecule has 28 heavy (non-hydrogen) atoms. The Labute approximate surface area is 168 Å². The number of hydrogen-bond donors (Lipinski definition) is 2. The molecule has 0 aliphatic carbocycles. The lowest BCUT2D eigenvalue weighted by Gasteiger charge is -2.10. The zero-order chi connectivity index (χ0) is 20.2. The van der Waals surface area contributed by atoms with Crippen molar-refractivity contribution in [1.82, 2.24) is 10.7 Å². The van der Waals surface area contributed by atoms with Gasteiger partial charge in [-0.05, 0) is 24.6 Å². The molecule has 0 saturated carbocycles. The molecule has 0 heterocycles. The molecule has 0 bridgehead atoms. The fourth-order valence-electron chi connectivity index (χ4n) is 2.20. The van der Waals surface area contributed by atoms with Gasteiger partial charge in [-0.2, -0.15) is 5.10 Å². The van der Waals surface area contributed by atoms with Gasteiger partial charge < -0.3 is 14.8 Å². The van der Waals surface area contributed by atoms with Crippen molar-refractivity contribution in [3.05, 3.63) is 64.7 Å². The number of carbonyl (C=O) groups excluding carboxylic acids is 2. The highest BCUT2D eigenvalue weighted by molar-refractivity contribution is 6.35. The minimum Gasteiger partial charge on any atom is -0.488 e. The molecule has 0 fully saturated rings. The van der Waals surface area contributed by atoms with Gasteiger partial charge in [-0.25, -0.2) is 5.43 Å². The van der Waals surface area contributed by atoms with E-state index in [0.717, 1.165) is 5.56 Å². The Bertz CT molecular complexity index is 827. The zero-order valence-corrected chi connectivity index (χ0v) is 16.2. The number of halogens is 1. The number of benzene rings is 2. The maximum absolute atomic E-state index is 11.7. The predicted molar refractivity (Wildman–Crippen MR) is 107 cm³/mol. The highest BCUT2D eigenvalue weighted by atomic mass is 35.5. The van der Waals surface area contributed by atoms with Crippen LogP contribution in [0.1, 0.15) is 17.5 Å². The molecule has 0 atom stereocenters. The van der Waals surface area contributed by atoms with E-state index in [1.807, 2.05) is 30.3 Å². The van der Waals surface area contributed by atoms with Gasteiger partial charge in [-0.15, -0.1) is 0 Å². The second kappa shape index (κ2) is 11.7. The number of methoxy groups -OCH3 is 1. The average molecular weight is 404 g/mol. The Morgan fingerprint density at radius 1 is 1.11 bits per heavy atom. The number of para-hydroxylation sites is 1. The third-order valence-electron chi connectivity index (χ3n) is 3.65. The van der Waals surface area contributed by atoms with Crippen LogP contribution in [-0.4, -0.2) is 38.3 Å². The van der Waals surface area contributed by atoms with Crippen LogP contribution in [0.4, 0.5) is 0 Å². The lowest BCUT2D eigenvalue weighted by molar-refractivity contribution is -0.139. The molecule has 8 heteroatoms. The van der Waals surface area contributed by atoms with Gasteiger partial charge in [0.2, 0.25) is 0 Å². The smallest absolute Gasteiger partial charge is 0.329 e. The monoisotopic (exact) mass is 403 g/mol. The summed E-state index contributed by atoms with van der Waals surface area (Å²) in [6, 6.07) is 14.6. The van der Waals surface area contributed by atoms with Crippen molar-refractivity contribution in [3.63, 3.8) is 0 Å². The first-order chi connectivity index (χ1) is 13.6. The average Bonchev–Trinajstić information content (AvgIpc) is 2.71. The maximum Gasteiger partial charge on any atom is 0.329 e. The van der Waals surface area contributed by atoms with Crippen LogP contribution in [-0.2, 0) is 20.9 Å². The molecule has 2 N–H and O–H groups in total. The number of nitrogens with zero attached hydrogens (tertiary/aromatic N) is 1. The van der Waals surface area contributed by atoms with E-state index >= 15 is 0 Å². The number of hydrogen-bond acceptors (Lipinski definition) is 5. The predicted octanol–water partition coefficient (Wildman–Crippen LogP) is 2.52. The van der Waals surface area contributed by atoms with Gasteiger partial charge in [-0.1, -0.05) is 41.9 Å². The van der Waals surface area contributed by atoms with E-state index in [9.17, 15) is 9.59 Å². The van der Waals surface area contributed by atoms with Crippen molar-refractivity contribution in [3.8, 4) is 5.75 Å². The van der Waals surface area contributed by atoms with E-state index in [4.69, 9.17) is 21.1 Å². The van der Waals surface area contributed by atoms with Crippen LogP contribution >= 0.6 is 11.6 Å². The summed E-state index contributed by atoms with van der Waals surface area (Å²) in [7, 11) is 1.57. The Balaban J connectivity index is 1.89. The van der Waals surface area contributed by atoms with Crippen molar-refractivity contribution in [2.75, 3.05) is 20.3 Å². The molecule has 0 radical (unpaired) electrons. The van der Waals surface area contributed by atoms with Crippen LogP contribution < -0.4 is 15.5 Å². The number of hydrazone groups is 1. The number of ether oxygens (including phenoxy) is 2. The summed E-state index contributed by atoms with van der Waals surface area (Å²) < 4.78 is 10.7. The Morgan fingerprint density at radius 3 is 2.64 bits per heavy atom. The van der Waals surface area contributed by atoms with Crippen molar-refractivity contribution in [2.24, 2.45) is 5.10 Å². The molecule has 0 saturated heterocycles. The summed E-state index contributed by atoms with van der Waals surface area (Å²) in [6.45, 7) is 1.15. The maximum atomic E-state index is 11.7. The SMILES string of the molecule is COCCCNC(=O)C(=O)N/N=C\c1ccccc1OCc1ccccc1Cl. The summed E-state index contributed by atoms with van der Waals surface area (Å²) in [5.41, 5.74) is 3.70. The summed E-state index contributed by atoms with van der Waals surface area (Å²) in [4.78, 5) is 23.3. The van der Waals surface area contributed by atoms with Gasteiger partial charge >= 0.3 is 11.8 Å². The second-order valence-electron chi connectivity index (χ2n) is 5.72. The quantitative estimate of drug-likeness (QED) is 0.291. The fourth-order valence-corrected chi connectivity index (χ4v) is 2.39. The van der Waals surface area contributed by atoms with Gasteiger partial charge in [0.1, 0.15) is 12.4 Å². The molecule has 2 aromatic carbocycles. The first-order valence-corrected chi connectivity index (χ1v) is 9.05. The molecule has 0 aliphatic heterocycles. The molecule has 2 amide bonds. The lowest BCUT2D eigenvalue weighted by Crippen LogP contribution is -2.38. The Hall–Kier alpha value is -2.90. The van der Waals surface area contributed by atoms with Crippen LogP contribution in [0.15, 0.2) is 53.6 Å². The first-order valence-electron chi connectivity index (χ1n) is 8.67. The van der Waals surface area contributed by atoms with Crippen molar-refractivity contribution in [2.45, 2.75) is 13.0 Å². The number of rotatable bonds is 9. The normalized spacial score (nSPS) is 10.6. The molecule has 2 rings (SSSR count). The van der Waals surface area contributed by atoms with Gasteiger partial charge in [0.05, 0.1) is 6.21 Å².